The van der Waals surface area contributed by atoms with Crippen molar-refractivity contribution in [3.05, 3.63) is 64.2 Å². The predicted molar refractivity (Wildman–Crippen MR) is 75.9 cm³/mol. The summed E-state index contributed by atoms with van der Waals surface area (Å²) < 4.78 is 0. The molecule has 106 valence electrons. The summed E-state index contributed by atoms with van der Waals surface area (Å²) in [4.78, 5) is 39.9. The van der Waals surface area contributed by atoms with E-state index in [-0.39, 0.29) is 17.1 Å². The fourth-order valence-corrected chi connectivity index (χ4v) is 1.53. The summed E-state index contributed by atoms with van der Waals surface area (Å²) >= 11 is 0. The van der Waals surface area contributed by atoms with Gasteiger partial charge in [-0.05, 0) is 24.3 Å². The smallest absolute Gasteiger partial charge is 0.328 e. The normalized spacial score (nSPS) is 10.5. The number of hydrogen-bond acceptors (Lipinski definition) is 4. The Morgan fingerprint density at radius 1 is 1.19 bits per heavy atom. The Morgan fingerprint density at radius 2 is 1.95 bits per heavy atom. The fourth-order valence-electron chi connectivity index (χ4n) is 1.53. The number of carboxylic acid groups (broad SMARTS) is 1. The molecule has 0 atom stereocenters. The Morgan fingerprint density at radius 3 is 2.67 bits per heavy atom. The lowest BCUT2D eigenvalue weighted by Crippen LogP contribution is -2.18. The van der Waals surface area contributed by atoms with E-state index in [9.17, 15) is 14.4 Å². The molecule has 0 bridgehead atoms. The number of hydrogen-bond donors (Lipinski definition) is 3. The molecule has 0 aromatic carbocycles. The van der Waals surface area contributed by atoms with E-state index in [0.717, 1.165) is 6.08 Å². The Balaban J connectivity index is 2.16. The van der Waals surface area contributed by atoms with Crippen molar-refractivity contribution in [3.63, 3.8) is 0 Å². The van der Waals surface area contributed by atoms with E-state index in [1.807, 2.05) is 0 Å². The quantitative estimate of drug-likeness (QED) is 0.729. The summed E-state index contributed by atoms with van der Waals surface area (Å²) in [7, 11) is 0. The van der Waals surface area contributed by atoms with Crippen molar-refractivity contribution >= 4 is 23.8 Å². The van der Waals surface area contributed by atoms with Crippen LogP contribution in [0.2, 0.25) is 0 Å². The second kappa shape index (κ2) is 6.29. The number of nitrogens with one attached hydrogen (secondary N) is 2. The van der Waals surface area contributed by atoms with Crippen LogP contribution >= 0.6 is 0 Å². The van der Waals surface area contributed by atoms with Crippen LogP contribution in [0, 0.1) is 0 Å². The number of H-pyrrole nitrogens is 1. The molecule has 3 N–H and O–H groups in total. The van der Waals surface area contributed by atoms with Crippen molar-refractivity contribution in [2.45, 2.75) is 0 Å². The summed E-state index contributed by atoms with van der Waals surface area (Å²) in [5.41, 5.74) is 0.112. The van der Waals surface area contributed by atoms with E-state index in [2.05, 4.69) is 15.3 Å². The van der Waals surface area contributed by atoms with Crippen LogP contribution in [0.1, 0.15) is 16.2 Å². The Bertz CT molecular complexity index is 765. The number of carbonyl (C=O) groups excluding carboxylic acids is 1. The lowest BCUT2D eigenvalue weighted by atomic mass is 10.3. The van der Waals surface area contributed by atoms with Crippen LogP contribution in [0.3, 0.4) is 0 Å². The second-order valence-corrected chi connectivity index (χ2v) is 4.00. The molecule has 0 radical (unpaired) electrons. The van der Waals surface area contributed by atoms with Gasteiger partial charge in [0.15, 0.2) is 0 Å². The van der Waals surface area contributed by atoms with Crippen LogP contribution in [-0.2, 0) is 4.79 Å². The third kappa shape index (κ3) is 4.13. The van der Waals surface area contributed by atoms with Gasteiger partial charge < -0.3 is 15.4 Å². The molecule has 0 aliphatic carbocycles. The van der Waals surface area contributed by atoms with Crippen LogP contribution in [0.5, 0.6) is 0 Å². The van der Waals surface area contributed by atoms with Gasteiger partial charge in [0.25, 0.3) is 5.91 Å². The molecule has 0 fully saturated rings. The minimum atomic E-state index is -1.09. The monoisotopic (exact) mass is 285 g/mol. The maximum Gasteiger partial charge on any atom is 0.328 e. The first-order valence-electron chi connectivity index (χ1n) is 5.93. The van der Waals surface area contributed by atoms with Crippen LogP contribution in [0.25, 0.3) is 6.08 Å². The van der Waals surface area contributed by atoms with E-state index in [1.165, 1.54) is 24.3 Å². The Kier molecular flexibility index (Phi) is 4.25. The van der Waals surface area contributed by atoms with E-state index in [0.29, 0.717) is 5.69 Å². The summed E-state index contributed by atoms with van der Waals surface area (Å²) in [5, 5.41) is 11.1. The minimum Gasteiger partial charge on any atom is -0.478 e. The van der Waals surface area contributed by atoms with Crippen LogP contribution in [-0.4, -0.2) is 27.0 Å². The summed E-state index contributed by atoms with van der Waals surface area (Å²) in [6, 6.07) is 9.00. The number of aromatic nitrogens is 2. The maximum absolute atomic E-state index is 11.9. The summed E-state index contributed by atoms with van der Waals surface area (Å²) in [6.45, 7) is 0. The zero-order valence-electron chi connectivity index (χ0n) is 10.7. The van der Waals surface area contributed by atoms with Crippen molar-refractivity contribution in [2.75, 3.05) is 5.32 Å². The van der Waals surface area contributed by atoms with Crippen molar-refractivity contribution in [3.8, 4) is 0 Å². The van der Waals surface area contributed by atoms with Gasteiger partial charge in [-0.15, -0.1) is 0 Å². The average Bonchev–Trinajstić information content (AvgIpc) is 2.45. The Labute approximate surface area is 119 Å². The van der Waals surface area contributed by atoms with E-state index < -0.39 is 11.9 Å². The molecule has 2 aromatic heterocycles. The van der Waals surface area contributed by atoms with Gasteiger partial charge in [-0.1, -0.05) is 12.1 Å². The second-order valence-electron chi connectivity index (χ2n) is 4.00. The van der Waals surface area contributed by atoms with Gasteiger partial charge >= 0.3 is 5.97 Å². The molecule has 0 aliphatic heterocycles. The van der Waals surface area contributed by atoms with Crippen LogP contribution in [0.4, 0.5) is 5.82 Å². The van der Waals surface area contributed by atoms with Crippen molar-refractivity contribution in [2.24, 2.45) is 0 Å². The van der Waals surface area contributed by atoms with E-state index in [1.54, 1.807) is 18.2 Å². The molecule has 0 saturated heterocycles. The lowest BCUT2D eigenvalue weighted by Gasteiger charge is -2.04. The number of rotatable bonds is 4. The number of nitrogens with zero attached hydrogens (tertiary/aromatic N) is 1. The predicted octanol–water partition coefficient (Wildman–Crippen LogP) is 1.12. The maximum atomic E-state index is 11.9. The first-order valence-corrected chi connectivity index (χ1v) is 5.93. The van der Waals surface area contributed by atoms with Gasteiger partial charge in [0.2, 0.25) is 5.56 Å². The molecular formula is C14H11N3O4. The highest BCUT2D eigenvalue weighted by Crippen LogP contribution is 2.07. The SMILES string of the molecule is O=C(O)/C=C/c1cccc(NC(=O)c2cccc(=O)[nH]2)n1. The summed E-state index contributed by atoms with van der Waals surface area (Å²) in [6.07, 6.45) is 2.25. The number of carboxylic acids is 1. The van der Waals surface area contributed by atoms with E-state index in [4.69, 9.17) is 5.11 Å². The summed E-state index contributed by atoms with van der Waals surface area (Å²) in [5.74, 6) is -1.36. The number of pyridine rings is 2. The van der Waals surface area contributed by atoms with Gasteiger partial charge in [0.1, 0.15) is 11.5 Å². The minimum absolute atomic E-state index is 0.107. The van der Waals surface area contributed by atoms with Gasteiger partial charge in [0.05, 0.1) is 5.69 Å². The van der Waals surface area contributed by atoms with Crippen molar-refractivity contribution in [1.29, 1.82) is 0 Å². The highest BCUT2D eigenvalue weighted by atomic mass is 16.4. The highest BCUT2D eigenvalue weighted by Gasteiger charge is 2.07. The molecule has 2 aromatic rings. The van der Waals surface area contributed by atoms with Crippen molar-refractivity contribution < 1.29 is 14.7 Å². The lowest BCUT2D eigenvalue weighted by molar-refractivity contribution is -0.131. The highest BCUT2D eigenvalue weighted by molar-refractivity contribution is 6.02. The van der Waals surface area contributed by atoms with E-state index >= 15 is 0 Å². The first-order chi connectivity index (χ1) is 10.0. The molecule has 0 unspecified atom stereocenters. The van der Waals surface area contributed by atoms with Gasteiger partial charge in [-0.25, -0.2) is 9.78 Å². The third-order valence-corrected chi connectivity index (χ3v) is 2.42. The first kappa shape index (κ1) is 14.2. The largest absolute Gasteiger partial charge is 0.478 e. The molecule has 0 aliphatic rings. The number of anilines is 1. The zero-order valence-corrected chi connectivity index (χ0v) is 10.7. The van der Waals surface area contributed by atoms with Gasteiger partial charge in [-0.3, -0.25) is 9.59 Å². The molecule has 0 saturated carbocycles. The topological polar surface area (TPSA) is 112 Å². The van der Waals surface area contributed by atoms with Gasteiger partial charge in [-0.2, -0.15) is 0 Å². The van der Waals surface area contributed by atoms with Gasteiger partial charge in [0, 0.05) is 12.1 Å². The molecule has 7 heteroatoms. The average molecular weight is 285 g/mol. The molecular weight excluding hydrogens is 274 g/mol. The molecule has 2 heterocycles. The Hall–Kier alpha value is -3.22. The molecule has 2 rings (SSSR count). The molecule has 7 nitrogen and oxygen atoms in total. The molecule has 1 amide bonds. The zero-order chi connectivity index (χ0) is 15.2. The number of amides is 1. The standard InChI is InChI=1S/C14H11N3O4/c18-12-6-2-4-10(16-12)14(21)17-11-5-1-3-9(15-11)7-8-13(19)20/h1-8H,(H,16,18)(H,19,20)(H,15,17,21)/b8-7+. The number of aromatic amines is 1. The molecule has 0 spiro atoms. The van der Waals surface area contributed by atoms with Crippen molar-refractivity contribution in [1.82, 2.24) is 9.97 Å². The number of carbonyl (C=O) groups is 2. The third-order valence-electron chi connectivity index (χ3n) is 2.42. The van der Waals surface area contributed by atoms with Crippen LogP contribution < -0.4 is 10.9 Å². The number of aliphatic carboxylic acids is 1. The van der Waals surface area contributed by atoms with Crippen LogP contribution in [0.15, 0.2) is 47.3 Å². The molecule has 21 heavy (non-hydrogen) atoms. The fraction of sp³-hybridized carbons (Fsp3) is 0.